The Balaban J connectivity index is 2.22. The van der Waals surface area contributed by atoms with Crippen LogP contribution >= 0.6 is 22.9 Å². The molecule has 4 heteroatoms. The Morgan fingerprint density at radius 3 is 3.19 bits per heavy atom. The van der Waals surface area contributed by atoms with Crippen molar-refractivity contribution in [3.05, 3.63) is 21.9 Å². The molecule has 1 unspecified atom stereocenters. The first-order valence-corrected chi connectivity index (χ1v) is 6.36. The summed E-state index contributed by atoms with van der Waals surface area (Å²) in [6.45, 7) is 0. The zero-order chi connectivity index (χ0) is 11.1. The fourth-order valence-corrected chi connectivity index (χ4v) is 3.78. The van der Waals surface area contributed by atoms with Gasteiger partial charge in [0, 0.05) is 10.8 Å². The summed E-state index contributed by atoms with van der Waals surface area (Å²) in [6.07, 6.45) is 10.0. The van der Waals surface area contributed by atoms with Crippen LogP contribution in [0.25, 0.3) is 10.2 Å². The minimum absolute atomic E-state index is 0.368. The molecule has 1 aliphatic rings. The van der Waals surface area contributed by atoms with Crippen LogP contribution in [0.2, 0.25) is 5.15 Å². The molecule has 0 aliphatic heterocycles. The van der Waals surface area contributed by atoms with Crippen molar-refractivity contribution >= 4 is 33.2 Å². The van der Waals surface area contributed by atoms with Crippen LogP contribution in [-0.2, 0) is 12.8 Å². The maximum atomic E-state index is 6.12. The molecule has 1 aliphatic carbocycles. The van der Waals surface area contributed by atoms with Crippen molar-refractivity contribution in [2.75, 3.05) is 0 Å². The number of nitrogens with zero attached hydrogens (tertiary/aromatic N) is 2. The first-order chi connectivity index (χ1) is 7.79. The summed E-state index contributed by atoms with van der Waals surface area (Å²) < 4.78 is 0. The highest BCUT2D eigenvalue weighted by Crippen LogP contribution is 2.39. The molecular formula is C12H9ClN2S. The minimum Gasteiger partial charge on any atom is -0.225 e. The number of rotatable bonds is 0. The molecule has 3 rings (SSSR count). The quantitative estimate of drug-likeness (QED) is 0.529. The van der Waals surface area contributed by atoms with Crippen molar-refractivity contribution in [2.45, 2.75) is 19.3 Å². The highest BCUT2D eigenvalue weighted by atomic mass is 35.5. The molecule has 0 saturated carbocycles. The second kappa shape index (κ2) is 3.73. The first-order valence-electron chi connectivity index (χ1n) is 5.16. The van der Waals surface area contributed by atoms with Crippen molar-refractivity contribution in [1.29, 1.82) is 0 Å². The van der Waals surface area contributed by atoms with E-state index in [0.29, 0.717) is 11.1 Å². The van der Waals surface area contributed by atoms with Crippen LogP contribution in [0, 0.1) is 18.3 Å². The van der Waals surface area contributed by atoms with Gasteiger partial charge in [-0.2, -0.15) is 0 Å². The summed E-state index contributed by atoms with van der Waals surface area (Å²) in [5.41, 5.74) is 1.32. The molecule has 0 N–H and O–H groups in total. The summed E-state index contributed by atoms with van der Waals surface area (Å²) in [5, 5.41) is 1.61. The number of thiophene rings is 1. The molecule has 16 heavy (non-hydrogen) atoms. The number of aromatic nitrogens is 2. The van der Waals surface area contributed by atoms with Gasteiger partial charge in [0.05, 0.1) is 5.39 Å². The van der Waals surface area contributed by atoms with E-state index in [2.05, 4.69) is 15.9 Å². The first kappa shape index (κ1) is 10.1. The van der Waals surface area contributed by atoms with Gasteiger partial charge >= 0.3 is 0 Å². The summed E-state index contributed by atoms with van der Waals surface area (Å²) in [4.78, 5) is 10.6. The maximum absolute atomic E-state index is 6.12. The van der Waals surface area contributed by atoms with E-state index in [0.717, 1.165) is 29.5 Å². The highest BCUT2D eigenvalue weighted by molar-refractivity contribution is 7.19. The standard InChI is InChI=1S/C12H9ClN2S/c1-2-7-3-4-8-9(5-7)16-12-10(8)11(13)14-6-15-12/h1,6-7H,3-5H2. The van der Waals surface area contributed by atoms with E-state index in [1.54, 1.807) is 11.3 Å². The van der Waals surface area contributed by atoms with Gasteiger partial charge in [0.1, 0.15) is 16.3 Å². The number of terminal acetylenes is 1. The van der Waals surface area contributed by atoms with E-state index in [4.69, 9.17) is 18.0 Å². The van der Waals surface area contributed by atoms with Crippen molar-refractivity contribution in [2.24, 2.45) is 5.92 Å². The molecule has 2 aromatic rings. The third-order valence-electron chi connectivity index (χ3n) is 3.03. The van der Waals surface area contributed by atoms with Crippen molar-refractivity contribution in [1.82, 2.24) is 9.97 Å². The van der Waals surface area contributed by atoms with Crippen molar-refractivity contribution in [3.8, 4) is 12.3 Å². The van der Waals surface area contributed by atoms with Gasteiger partial charge in [-0.3, -0.25) is 0 Å². The van der Waals surface area contributed by atoms with Gasteiger partial charge in [0.2, 0.25) is 0 Å². The van der Waals surface area contributed by atoms with Crippen LogP contribution in [0.3, 0.4) is 0 Å². The molecule has 2 heterocycles. The zero-order valence-electron chi connectivity index (χ0n) is 8.53. The Labute approximate surface area is 103 Å². The van der Waals surface area contributed by atoms with Gasteiger partial charge < -0.3 is 0 Å². The second-order valence-corrected chi connectivity index (χ2v) is 5.40. The minimum atomic E-state index is 0.368. The lowest BCUT2D eigenvalue weighted by Gasteiger charge is -2.17. The van der Waals surface area contributed by atoms with E-state index in [1.165, 1.54) is 16.8 Å². The highest BCUT2D eigenvalue weighted by Gasteiger charge is 2.23. The van der Waals surface area contributed by atoms with Crippen LogP contribution in [0.1, 0.15) is 16.9 Å². The number of fused-ring (bicyclic) bond motifs is 3. The average Bonchev–Trinajstić information content (AvgIpc) is 2.67. The van der Waals surface area contributed by atoms with E-state index >= 15 is 0 Å². The summed E-state index contributed by atoms with van der Waals surface area (Å²) >= 11 is 7.82. The van der Waals surface area contributed by atoms with Crippen molar-refractivity contribution < 1.29 is 0 Å². The monoisotopic (exact) mass is 248 g/mol. The molecule has 1 atom stereocenters. The van der Waals surface area contributed by atoms with Crippen molar-refractivity contribution in [3.63, 3.8) is 0 Å². The second-order valence-electron chi connectivity index (χ2n) is 3.95. The van der Waals surface area contributed by atoms with Gasteiger partial charge in [-0.05, 0) is 24.8 Å². The number of hydrogen-bond donors (Lipinski definition) is 0. The fourth-order valence-electron chi connectivity index (χ4n) is 2.21. The molecular weight excluding hydrogens is 240 g/mol. The number of halogens is 1. The Morgan fingerprint density at radius 1 is 1.50 bits per heavy atom. The van der Waals surface area contributed by atoms with E-state index in [9.17, 15) is 0 Å². The Hall–Kier alpha value is -1.11. The van der Waals surface area contributed by atoms with Gasteiger partial charge in [-0.1, -0.05) is 11.6 Å². The predicted molar refractivity (Wildman–Crippen MR) is 66.8 cm³/mol. The van der Waals surface area contributed by atoms with Gasteiger partial charge in [-0.15, -0.1) is 23.7 Å². The van der Waals surface area contributed by atoms with Gasteiger partial charge in [-0.25, -0.2) is 9.97 Å². The molecule has 0 bridgehead atoms. The topological polar surface area (TPSA) is 25.8 Å². The molecule has 2 aromatic heterocycles. The molecule has 0 radical (unpaired) electrons. The summed E-state index contributed by atoms with van der Waals surface area (Å²) in [5.74, 6) is 3.21. The number of hydrogen-bond acceptors (Lipinski definition) is 3. The molecule has 80 valence electrons. The summed E-state index contributed by atoms with van der Waals surface area (Å²) in [7, 11) is 0. The van der Waals surface area contributed by atoms with E-state index in [1.807, 2.05) is 0 Å². The SMILES string of the molecule is C#CC1CCc2c(sc3ncnc(Cl)c23)C1. The van der Waals surface area contributed by atoms with Gasteiger partial charge in [0.15, 0.2) is 0 Å². The Kier molecular flexibility index (Phi) is 2.34. The van der Waals surface area contributed by atoms with Gasteiger partial charge in [0.25, 0.3) is 0 Å². The fraction of sp³-hybridized carbons (Fsp3) is 0.333. The normalized spacial score (nSPS) is 19.4. The predicted octanol–water partition coefficient (Wildman–Crippen LogP) is 3.08. The molecule has 2 nitrogen and oxygen atoms in total. The summed E-state index contributed by atoms with van der Waals surface area (Å²) in [6, 6.07) is 0. The zero-order valence-corrected chi connectivity index (χ0v) is 10.1. The van der Waals surface area contributed by atoms with Crippen LogP contribution in [0.15, 0.2) is 6.33 Å². The molecule has 0 aromatic carbocycles. The van der Waals surface area contributed by atoms with Crippen LogP contribution in [0.5, 0.6) is 0 Å². The Morgan fingerprint density at radius 2 is 2.38 bits per heavy atom. The lowest BCUT2D eigenvalue weighted by molar-refractivity contribution is 0.581. The largest absolute Gasteiger partial charge is 0.225 e. The molecule has 0 saturated heterocycles. The molecule has 0 fully saturated rings. The molecule has 0 spiro atoms. The average molecular weight is 249 g/mol. The van der Waals surface area contributed by atoms with E-state index < -0.39 is 0 Å². The smallest absolute Gasteiger partial charge is 0.141 e. The number of aryl methyl sites for hydroxylation is 1. The third-order valence-corrected chi connectivity index (χ3v) is 4.48. The van der Waals surface area contributed by atoms with E-state index in [-0.39, 0.29) is 0 Å². The molecule has 0 amide bonds. The van der Waals surface area contributed by atoms with Crippen LogP contribution in [-0.4, -0.2) is 9.97 Å². The maximum Gasteiger partial charge on any atom is 0.141 e. The lowest BCUT2D eigenvalue weighted by Crippen LogP contribution is -2.10. The Bertz CT molecular complexity index is 597. The van der Waals surface area contributed by atoms with Crippen LogP contribution < -0.4 is 0 Å². The third kappa shape index (κ3) is 1.41. The van der Waals surface area contributed by atoms with Crippen LogP contribution in [0.4, 0.5) is 0 Å². The lowest BCUT2D eigenvalue weighted by atomic mass is 9.89.